The summed E-state index contributed by atoms with van der Waals surface area (Å²) in [6.07, 6.45) is 10.7. The summed E-state index contributed by atoms with van der Waals surface area (Å²) in [7, 11) is 0. The van der Waals surface area contributed by atoms with E-state index in [1.165, 1.54) is 25.7 Å². The lowest BCUT2D eigenvalue weighted by atomic mass is 9.94. The minimum absolute atomic E-state index is 0.657. The highest BCUT2D eigenvalue weighted by Crippen LogP contribution is 2.16. The summed E-state index contributed by atoms with van der Waals surface area (Å²) in [4.78, 5) is 0. The van der Waals surface area contributed by atoms with Crippen molar-refractivity contribution < 1.29 is 14.2 Å². The van der Waals surface area contributed by atoms with Gasteiger partial charge in [-0.25, -0.2) is 0 Å². The first-order chi connectivity index (χ1) is 10.4. The topological polar surface area (TPSA) is 39.7 Å². The molecular formula is C17H33NO3. The largest absolute Gasteiger partial charge is 0.379 e. The van der Waals surface area contributed by atoms with Crippen LogP contribution in [0.15, 0.2) is 12.2 Å². The van der Waals surface area contributed by atoms with Gasteiger partial charge in [-0.15, -0.1) is 0 Å². The summed E-state index contributed by atoms with van der Waals surface area (Å²) in [6, 6.07) is 0. The smallest absolute Gasteiger partial charge is 0.0701 e. The molecule has 0 amide bonds. The van der Waals surface area contributed by atoms with Gasteiger partial charge >= 0.3 is 0 Å². The number of nitrogens with one attached hydrogen (secondary N) is 1. The second kappa shape index (κ2) is 14.5. The average molecular weight is 299 g/mol. The molecule has 4 heteroatoms. The normalized spacial score (nSPS) is 18.2. The Hall–Kier alpha value is -0.420. The van der Waals surface area contributed by atoms with Crippen molar-refractivity contribution in [3.8, 4) is 0 Å². The third-order valence-electron chi connectivity index (χ3n) is 3.62. The molecule has 0 aliphatic heterocycles. The van der Waals surface area contributed by atoms with Gasteiger partial charge in [0.1, 0.15) is 0 Å². The van der Waals surface area contributed by atoms with Crippen molar-refractivity contribution in [2.45, 2.75) is 39.0 Å². The molecule has 0 aromatic rings. The van der Waals surface area contributed by atoms with Gasteiger partial charge < -0.3 is 19.5 Å². The fourth-order valence-corrected chi connectivity index (χ4v) is 2.28. The molecule has 21 heavy (non-hydrogen) atoms. The zero-order chi connectivity index (χ0) is 15.0. The van der Waals surface area contributed by atoms with Crippen LogP contribution in [-0.2, 0) is 14.2 Å². The van der Waals surface area contributed by atoms with Gasteiger partial charge in [-0.3, -0.25) is 0 Å². The zero-order valence-corrected chi connectivity index (χ0v) is 13.6. The molecule has 1 unspecified atom stereocenters. The molecule has 0 spiro atoms. The van der Waals surface area contributed by atoms with E-state index in [9.17, 15) is 0 Å². The maximum atomic E-state index is 5.53. The molecule has 1 atom stereocenters. The van der Waals surface area contributed by atoms with Gasteiger partial charge in [0, 0.05) is 13.2 Å². The Labute approximate surface area is 130 Å². The Bertz CT molecular complexity index is 246. The first-order valence-electron chi connectivity index (χ1n) is 8.52. The van der Waals surface area contributed by atoms with Gasteiger partial charge in [-0.05, 0) is 38.1 Å². The molecule has 0 radical (unpaired) electrons. The number of ether oxygens (including phenoxy) is 3. The van der Waals surface area contributed by atoms with Crippen molar-refractivity contribution >= 4 is 0 Å². The van der Waals surface area contributed by atoms with Gasteiger partial charge in [0.05, 0.1) is 33.0 Å². The van der Waals surface area contributed by atoms with Gasteiger partial charge in [0.15, 0.2) is 0 Å². The van der Waals surface area contributed by atoms with Crippen LogP contribution in [0, 0.1) is 5.92 Å². The number of unbranched alkanes of at least 4 members (excludes halogenated alkanes) is 1. The lowest BCUT2D eigenvalue weighted by molar-refractivity contribution is 0.0146. The molecule has 4 nitrogen and oxygen atoms in total. The van der Waals surface area contributed by atoms with E-state index in [4.69, 9.17) is 14.2 Å². The molecule has 0 saturated heterocycles. The number of allylic oxidation sites excluding steroid dienone is 2. The summed E-state index contributed by atoms with van der Waals surface area (Å²) >= 11 is 0. The van der Waals surface area contributed by atoms with E-state index in [1.54, 1.807) is 0 Å². The van der Waals surface area contributed by atoms with Crippen LogP contribution < -0.4 is 5.32 Å². The molecule has 0 saturated carbocycles. The molecule has 0 heterocycles. The quantitative estimate of drug-likeness (QED) is 0.395. The van der Waals surface area contributed by atoms with Crippen molar-refractivity contribution in [1.29, 1.82) is 0 Å². The first-order valence-corrected chi connectivity index (χ1v) is 8.52. The average Bonchev–Trinajstić information content (AvgIpc) is 2.53. The molecule has 1 aliphatic carbocycles. The Kier molecular flexibility index (Phi) is 12.9. The number of rotatable bonds is 14. The molecule has 124 valence electrons. The van der Waals surface area contributed by atoms with Gasteiger partial charge in [0.25, 0.3) is 0 Å². The molecule has 1 rings (SSSR count). The maximum Gasteiger partial charge on any atom is 0.0701 e. The van der Waals surface area contributed by atoms with Crippen molar-refractivity contribution in [2.24, 2.45) is 5.92 Å². The summed E-state index contributed by atoms with van der Waals surface area (Å²) in [5.41, 5.74) is 0. The van der Waals surface area contributed by atoms with Crippen LogP contribution in [0.2, 0.25) is 0 Å². The fraction of sp³-hybridized carbons (Fsp3) is 0.882. The summed E-state index contributed by atoms with van der Waals surface area (Å²) in [6.45, 7) is 8.50. The predicted molar refractivity (Wildman–Crippen MR) is 86.7 cm³/mol. The van der Waals surface area contributed by atoms with E-state index in [1.807, 2.05) is 0 Å². The molecule has 1 aliphatic rings. The molecule has 0 fully saturated rings. The Morgan fingerprint density at radius 1 is 0.952 bits per heavy atom. The second-order valence-electron chi connectivity index (χ2n) is 5.55. The summed E-state index contributed by atoms with van der Waals surface area (Å²) in [5, 5.41) is 3.47. The molecule has 0 aromatic carbocycles. The first kappa shape index (κ1) is 18.6. The minimum Gasteiger partial charge on any atom is -0.379 e. The van der Waals surface area contributed by atoms with Gasteiger partial charge in [0.2, 0.25) is 0 Å². The van der Waals surface area contributed by atoms with Crippen molar-refractivity contribution in [2.75, 3.05) is 52.7 Å². The number of hydrogen-bond acceptors (Lipinski definition) is 4. The SMILES string of the molecule is CCCCOCCOCCOCCNCC1CC=CCC1. The van der Waals surface area contributed by atoms with Crippen LogP contribution >= 0.6 is 0 Å². The highest BCUT2D eigenvalue weighted by Gasteiger charge is 2.08. The van der Waals surface area contributed by atoms with E-state index in [0.29, 0.717) is 26.4 Å². The molecular weight excluding hydrogens is 266 g/mol. The molecule has 1 N–H and O–H groups in total. The third-order valence-corrected chi connectivity index (χ3v) is 3.62. The van der Waals surface area contributed by atoms with E-state index in [2.05, 4.69) is 24.4 Å². The Balaban J connectivity index is 1.70. The van der Waals surface area contributed by atoms with Crippen LogP contribution in [-0.4, -0.2) is 52.7 Å². The highest BCUT2D eigenvalue weighted by molar-refractivity contribution is 4.90. The van der Waals surface area contributed by atoms with E-state index < -0.39 is 0 Å². The Morgan fingerprint density at radius 2 is 1.67 bits per heavy atom. The van der Waals surface area contributed by atoms with Crippen LogP contribution in [0.4, 0.5) is 0 Å². The molecule has 0 bridgehead atoms. The van der Waals surface area contributed by atoms with Gasteiger partial charge in [-0.1, -0.05) is 25.5 Å². The van der Waals surface area contributed by atoms with E-state index in [0.717, 1.165) is 38.6 Å². The lowest BCUT2D eigenvalue weighted by Crippen LogP contribution is -2.27. The maximum absolute atomic E-state index is 5.53. The fourth-order valence-electron chi connectivity index (χ4n) is 2.28. The van der Waals surface area contributed by atoms with E-state index in [-0.39, 0.29) is 0 Å². The lowest BCUT2D eigenvalue weighted by Gasteiger charge is -2.18. The molecule has 0 aromatic heterocycles. The van der Waals surface area contributed by atoms with Crippen molar-refractivity contribution in [3.63, 3.8) is 0 Å². The number of hydrogen-bond donors (Lipinski definition) is 1. The van der Waals surface area contributed by atoms with Crippen LogP contribution in [0.3, 0.4) is 0 Å². The van der Waals surface area contributed by atoms with Crippen LogP contribution in [0.1, 0.15) is 39.0 Å². The van der Waals surface area contributed by atoms with Crippen molar-refractivity contribution in [3.05, 3.63) is 12.2 Å². The second-order valence-corrected chi connectivity index (χ2v) is 5.55. The van der Waals surface area contributed by atoms with Crippen LogP contribution in [0.25, 0.3) is 0 Å². The van der Waals surface area contributed by atoms with Crippen LogP contribution in [0.5, 0.6) is 0 Å². The standard InChI is InChI=1S/C17H33NO3/c1-2-3-10-19-12-14-21-15-13-20-11-9-18-16-17-7-5-4-6-8-17/h4-5,17-18H,2-3,6-16H2,1H3. The zero-order valence-electron chi connectivity index (χ0n) is 13.6. The van der Waals surface area contributed by atoms with E-state index >= 15 is 0 Å². The summed E-state index contributed by atoms with van der Waals surface area (Å²) in [5.74, 6) is 0.811. The summed E-state index contributed by atoms with van der Waals surface area (Å²) < 4.78 is 16.4. The Morgan fingerprint density at radius 3 is 2.33 bits per heavy atom. The van der Waals surface area contributed by atoms with Crippen molar-refractivity contribution in [1.82, 2.24) is 5.32 Å². The minimum atomic E-state index is 0.657. The third kappa shape index (κ3) is 11.9. The monoisotopic (exact) mass is 299 g/mol. The van der Waals surface area contributed by atoms with Gasteiger partial charge in [-0.2, -0.15) is 0 Å². The highest BCUT2D eigenvalue weighted by atomic mass is 16.5. The predicted octanol–water partition coefficient (Wildman–Crippen LogP) is 2.78.